The Morgan fingerprint density at radius 1 is 1.09 bits per heavy atom. The molecule has 1 N–H and O–H groups in total. The van der Waals surface area contributed by atoms with Gasteiger partial charge in [-0.2, -0.15) is 0 Å². The largest absolute Gasteiger partial charge is 0.490 e. The first-order chi connectivity index (χ1) is 16.2. The quantitative estimate of drug-likeness (QED) is 0.530. The summed E-state index contributed by atoms with van der Waals surface area (Å²) in [6.07, 6.45) is 10.7. The molecule has 4 heterocycles. The zero-order chi connectivity index (χ0) is 22.5. The van der Waals surface area contributed by atoms with E-state index in [1.165, 1.54) is 0 Å². The fourth-order valence-corrected chi connectivity index (χ4v) is 5.96. The first-order valence-electron chi connectivity index (χ1n) is 12.5. The molecule has 8 heteroatoms. The Labute approximate surface area is 199 Å². The molecule has 33 heavy (non-hydrogen) atoms. The normalized spacial score (nSPS) is 37.9. The van der Waals surface area contributed by atoms with Crippen LogP contribution in [-0.4, -0.2) is 62.1 Å². The molecule has 1 aromatic rings. The Morgan fingerprint density at radius 3 is 2.64 bits per heavy atom. The van der Waals surface area contributed by atoms with Crippen LogP contribution in [0.2, 0.25) is 0 Å². The summed E-state index contributed by atoms with van der Waals surface area (Å²) in [5, 5.41) is 14.1. The third-order valence-corrected chi connectivity index (χ3v) is 7.72. The zero-order valence-corrected chi connectivity index (χ0v) is 19.9. The number of hydrogen-bond acceptors (Lipinski definition) is 8. The van der Waals surface area contributed by atoms with Crippen LogP contribution in [-0.2, 0) is 23.7 Å². The Hall–Kier alpha value is -1.00. The molecule has 3 saturated heterocycles. The van der Waals surface area contributed by atoms with Crippen molar-refractivity contribution in [2.75, 3.05) is 19.8 Å². The van der Waals surface area contributed by atoms with Crippen LogP contribution in [0, 0.1) is 11.8 Å². The van der Waals surface area contributed by atoms with Gasteiger partial charge in [-0.05, 0) is 55.9 Å². The minimum absolute atomic E-state index is 0.0104. The highest BCUT2D eigenvalue weighted by Crippen LogP contribution is 2.45. The number of aliphatic hydroxyl groups is 1. The summed E-state index contributed by atoms with van der Waals surface area (Å²) >= 11 is 1.61. The number of rotatable bonds is 9. The maximum atomic E-state index is 10.1. The average Bonchev–Trinajstić information content (AvgIpc) is 3.54. The van der Waals surface area contributed by atoms with Gasteiger partial charge in [0.05, 0.1) is 12.2 Å². The van der Waals surface area contributed by atoms with Crippen LogP contribution >= 0.6 is 11.3 Å². The van der Waals surface area contributed by atoms with Crippen molar-refractivity contribution in [2.45, 2.75) is 88.5 Å². The van der Waals surface area contributed by atoms with Gasteiger partial charge in [-0.3, -0.25) is 0 Å². The summed E-state index contributed by atoms with van der Waals surface area (Å²) in [5.41, 5.74) is 0. The lowest BCUT2D eigenvalue weighted by Crippen LogP contribution is -2.32. The molecule has 5 rings (SSSR count). The van der Waals surface area contributed by atoms with E-state index in [-0.39, 0.29) is 42.7 Å². The van der Waals surface area contributed by atoms with Crippen LogP contribution < -0.4 is 4.74 Å². The molecule has 8 atom stereocenters. The lowest BCUT2D eigenvalue weighted by Gasteiger charge is -2.30. The van der Waals surface area contributed by atoms with E-state index in [1.54, 1.807) is 11.3 Å². The molecule has 1 aromatic heterocycles. The highest BCUT2D eigenvalue weighted by atomic mass is 32.1. The van der Waals surface area contributed by atoms with E-state index in [9.17, 15) is 5.11 Å². The number of hydrogen-bond donors (Lipinski definition) is 1. The number of thiophene rings is 1. The molecule has 0 amide bonds. The summed E-state index contributed by atoms with van der Waals surface area (Å²) < 4.78 is 36.1. The van der Waals surface area contributed by atoms with Crippen molar-refractivity contribution in [3.8, 4) is 5.75 Å². The Morgan fingerprint density at radius 2 is 1.91 bits per heavy atom. The van der Waals surface area contributed by atoms with Gasteiger partial charge in [-0.1, -0.05) is 12.2 Å². The van der Waals surface area contributed by atoms with Gasteiger partial charge in [0, 0.05) is 37.4 Å². The van der Waals surface area contributed by atoms with Crippen LogP contribution in [0.4, 0.5) is 0 Å². The SMILES string of the molecule is OC1CC2C(CC(OC3CCCCO3)C2C=CC(COc2ccsc2)OC2CCCCO2)O1. The van der Waals surface area contributed by atoms with E-state index in [0.29, 0.717) is 13.0 Å². The maximum Gasteiger partial charge on any atom is 0.158 e. The van der Waals surface area contributed by atoms with Gasteiger partial charge in [0.15, 0.2) is 18.9 Å². The molecule has 3 aliphatic heterocycles. The number of fused-ring (bicyclic) bond motifs is 1. The van der Waals surface area contributed by atoms with Crippen LogP contribution in [0.25, 0.3) is 0 Å². The number of ether oxygens (including phenoxy) is 6. The van der Waals surface area contributed by atoms with Gasteiger partial charge >= 0.3 is 0 Å². The van der Waals surface area contributed by atoms with E-state index in [0.717, 1.165) is 63.9 Å². The summed E-state index contributed by atoms with van der Waals surface area (Å²) in [5.74, 6) is 1.22. The fourth-order valence-electron chi connectivity index (χ4n) is 5.38. The summed E-state index contributed by atoms with van der Waals surface area (Å²) in [4.78, 5) is 0. The van der Waals surface area contributed by atoms with Crippen molar-refractivity contribution in [2.24, 2.45) is 11.8 Å². The summed E-state index contributed by atoms with van der Waals surface area (Å²) in [6.45, 7) is 1.92. The van der Waals surface area contributed by atoms with Crippen LogP contribution in [0.3, 0.4) is 0 Å². The topological polar surface area (TPSA) is 75.6 Å². The van der Waals surface area contributed by atoms with Crippen molar-refractivity contribution in [1.82, 2.24) is 0 Å². The van der Waals surface area contributed by atoms with Crippen molar-refractivity contribution >= 4 is 11.3 Å². The van der Waals surface area contributed by atoms with Gasteiger partial charge in [0.2, 0.25) is 0 Å². The fraction of sp³-hybridized carbons (Fsp3) is 0.760. The summed E-state index contributed by atoms with van der Waals surface area (Å²) in [7, 11) is 0. The predicted octanol–water partition coefficient (Wildman–Crippen LogP) is 4.25. The van der Waals surface area contributed by atoms with Gasteiger partial charge in [0.25, 0.3) is 0 Å². The second-order valence-corrected chi connectivity index (χ2v) is 10.2. The molecule has 7 nitrogen and oxygen atoms in total. The highest BCUT2D eigenvalue weighted by Gasteiger charge is 2.49. The molecule has 4 fully saturated rings. The Kier molecular flexibility index (Phi) is 8.36. The molecular weight excluding hydrogens is 444 g/mol. The highest BCUT2D eigenvalue weighted by molar-refractivity contribution is 7.08. The molecule has 184 valence electrons. The van der Waals surface area contributed by atoms with Crippen molar-refractivity contribution in [1.29, 1.82) is 0 Å². The molecular formula is C25H36O7S. The van der Waals surface area contributed by atoms with E-state index in [4.69, 9.17) is 28.4 Å². The third kappa shape index (κ3) is 6.36. The van der Waals surface area contributed by atoms with Crippen LogP contribution in [0.5, 0.6) is 5.75 Å². The van der Waals surface area contributed by atoms with Gasteiger partial charge in [-0.15, -0.1) is 11.3 Å². The van der Waals surface area contributed by atoms with Gasteiger partial charge in [0.1, 0.15) is 18.5 Å². The predicted molar refractivity (Wildman–Crippen MR) is 123 cm³/mol. The molecule has 4 aliphatic rings. The molecule has 0 bridgehead atoms. The van der Waals surface area contributed by atoms with Crippen LogP contribution in [0.15, 0.2) is 29.0 Å². The Balaban J connectivity index is 1.26. The van der Waals surface area contributed by atoms with Crippen molar-refractivity contribution in [3.63, 3.8) is 0 Å². The van der Waals surface area contributed by atoms with Crippen LogP contribution in [0.1, 0.15) is 51.4 Å². The van der Waals surface area contributed by atoms with Crippen molar-refractivity contribution in [3.05, 3.63) is 29.0 Å². The number of aliphatic hydroxyl groups excluding tert-OH is 1. The molecule has 0 aromatic carbocycles. The van der Waals surface area contributed by atoms with E-state index >= 15 is 0 Å². The zero-order valence-electron chi connectivity index (χ0n) is 19.1. The van der Waals surface area contributed by atoms with E-state index in [2.05, 4.69) is 12.2 Å². The molecule has 1 saturated carbocycles. The molecule has 8 unspecified atom stereocenters. The lowest BCUT2D eigenvalue weighted by atomic mass is 9.91. The first-order valence-corrected chi connectivity index (χ1v) is 13.4. The standard InChI is InChI=1S/C25H36O7S/c26-23-13-20-19(21(14-22(20)31-23)32-25-6-2-4-11-28-25)8-7-17(15-29-18-9-12-33-16-18)30-24-5-1-3-10-27-24/h7-9,12,16-17,19-26H,1-6,10-11,13-15H2. The van der Waals surface area contributed by atoms with Crippen molar-refractivity contribution < 1.29 is 33.5 Å². The smallest absolute Gasteiger partial charge is 0.158 e. The lowest BCUT2D eigenvalue weighted by molar-refractivity contribution is -0.196. The second-order valence-electron chi connectivity index (χ2n) is 9.44. The minimum atomic E-state index is -0.688. The first kappa shape index (κ1) is 23.7. The van der Waals surface area contributed by atoms with E-state index in [1.807, 2.05) is 16.8 Å². The van der Waals surface area contributed by atoms with Gasteiger partial charge < -0.3 is 33.5 Å². The van der Waals surface area contributed by atoms with E-state index < -0.39 is 6.29 Å². The third-order valence-electron chi connectivity index (χ3n) is 7.06. The maximum absolute atomic E-state index is 10.1. The minimum Gasteiger partial charge on any atom is -0.490 e. The Bertz CT molecular complexity index is 729. The van der Waals surface area contributed by atoms with Gasteiger partial charge in [-0.25, -0.2) is 0 Å². The monoisotopic (exact) mass is 480 g/mol. The molecule has 0 radical (unpaired) electrons. The average molecular weight is 481 g/mol. The molecule has 0 spiro atoms. The second kappa shape index (κ2) is 11.6. The summed E-state index contributed by atoms with van der Waals surface area (Å²) in [6, 6.07) is 1.97. The molecule has 1 aliphatic carbocycles.